The van der Waals surface area contributed by atoms with Gasteiger partial charge in [0.2, 0.25) is 11.0 Å². The molecule has 0 aliphatic carbocycles. The summed E-state index contributed by atoms with van der Waals surface area (Å²) in [7, 11) is 0. The maximum Gasteiger partial charge on any atom is 0.282 e. The second kappa shape index (κ2) is 7.72. The molecule has 2 amide bonds. The van der Waals surface area contributed by atoms with E-state index < -0.39 is 11.9 Å². The van der Waals surface area contributed by atoms with E-state index in [1.165, 1.54) is 16.3 Å². The first-order chi connectivity index (χ1) is 14.0. The molecule has 8 nitrogen and oxygen atoms in total. The Morgan fingerprint density at radius 2 is 1.86 bits per heavy atom. The van der Waals surface area contributed by atoms with Gasteiger partial charge in [-0.2, -0.15) is 20.3 Å². The monoisotopic (exact) mass is 404 g/mol. The van der Waals surface area contributed by atoms with Gasteiger partial charge in [0.15, 0.2) is 6.04 Å². The summed E-state index contributed by atoms with van der Waals surface area (Å²) in [5.41, 5.74) is 8.39. The van der Waals surface area contributed by atoms with Gasteiger partial charge in [-0.15, -0.1) is 11.3 Å². The van der Waals surface area contributed by atoms with Crippen LogP contribution >= 0.6 is 11.3 Å². The van der Waals surface area contributed by atoms with Crippen molar-refractivity contribution in [2.45, 2.75) is 13.0 Å². The smallest absolute Gasteiger partial charge is 0.282 e. The van der Waals surface area contributed by atoms with Gasteiger partial charge in [-0.1, -0.05) is 30.3 Å². The topological polar surface area (TPSA) is 113 Å². The summed E-state index contributed by atoms with van der Waals surface area (Å²) in [5.74, 6) is -0.828. The van der Waals surface area contributed by atoms with Crippen LogP contribution in [0.5, 0.6) is 0 Å². The molecule has 0 unspecified atom stereocenters. The van der Waals surface area contributed by atoms with Crippen LogP contribution in [-0.4, -0.2) is 28.6 Å². The molecule has 1 aromatic heterocycles. The Kier molecular flexibility index (Phi) is 4.96. The predicted molar refractivity (Wildman–Crippen MR) is 111 cm³/mol. The number of anilines is 1. The number of nitrogens with two attached hydrogens (primary N) is 1. The summed E-state index contributed by atoms with van der Waals surface area (Å²) >= 11 is 1.34. The van der Waals surface area contributed by atoms with Gasteiger partial charge in [0.05, 0.1) is 17.1 Å². The van der Waals surface area contributed by atoms with Crippen molar-refractivity contribution in [1.82, 2.24) is 4.98 Å². The molecule has 0 spiro atoms. The normalized spacial score (nSPS) is 16.4. The zero-order chi connectivity index (χ0) is 20.4. The van der Waals surface area contributed by atoms with Gasteiger partial charge in [0.1, 0.15) is 0 Å². The van der Waals surface area contributed by atoms with Crippen molar-refractivity contribution in [2.75, 3.05) is 5.01 Å². The van der Waals surface area contributed by atoms with E-state index in [0.717, 1.165) is 11.3 Å². The van der Waals surface area contributed by atoms with E-state index in [1.54, 1.807) is 31.2 Å². The molecule has 0 bridgehead atoms. The first-order valence-electron chi connectivity index (χ1n) is 8.73. The number of nitrogens with zero attached hydrogens (tertiary/aromatic N) is 5. The Morgan fingerprint density at radius 1 is 1.14 bits per heavy atom. The number of hydrogen-bond acceptors (Lipinski definition) is 7. The Balaban J connectivity index is 1.51. The lowest BCUT2D eigenvalue weighted by atomic mass is 10.2. The molecular formula is C20H16N6O2S. The average molecular weight is 404 g/mol. The zero-order valence-corrected chi connectivity index (χ0v) is 16.2. The number of thiazole rings is 1. The number of hydrogen-bond donors (Lipinski definition) is 1. The molecule has 2 N–H and O–H groups in total. The lowest BCUT2D eigenvalue weighted by molar-refractivity contribution is -0.117. The quantitative estimate of drug-likeness (QED) is 0.653. The van der Waals surface area contributed by atoms with E-state index in [0.29, 0.717) is 22.1 Å². The molecular weight excluding hydrogens is 388 g/mol. The molecule has 29 heavy (non-hydrogen) atoms. The van der Waals surface area contributed by atoms with Gasteiger partial charge in [0.25, 0.3) is 5.91 Å². The van der Waals surface area contributed by atoms with Gasteiger partial charge < -0.3 is 5.73 Å². The van der Waals surface area contributed by atoms with Crippen molar-refractivity contribution >= 4 is 39.7 Å². The molecule has 1 aliphatic heterocycles. The van der Waals surface area contributed by atoms with Crippen LogP contribution in [0.3, 0.4) is 0 Å². The number of azo groups is 1. The molecule has 0 saturated carbocycles. The third kappa shape index (κ3) is 3.81. The number of carbonyl (C=O) groups excluding carboxylic acids is 2. The van der Waals surface area contributed by atoms with Crippen molar-refractivity contribution < 1.29 is 9.59 Å². The van der Waals surface area contributed by atoms with E-state index >= 15 is 0 Å². The Labute approximate surface area is 170 Å². The third-order valence-corrected chi connectivity index (χ3v) is 5.10. The van der Waals surface area contributed by atoms with Crippen molar-refractivity contribution in [3.63, 3.8) is 0 Å². The van der Waals surface area contributed by atoms with Crippen LogP contribution in [0.15, 0.2) is 75.3 Å². The lowest BCUT2D eigenvalue weighted by Crippen LogP contribution is -2.29. The third-order valence-electron chi connectivity index (χ3n) is 4.28. The van der Waals surface area contributed by atoms with Gasteiger partial charge in [-0.25, -0.2) is 4.98 Å². The lowest BCUT2D eigenvalue weighted by Gasteiger charge is -2.08. The zero-order valence-electron chi connectivity index (χ0n) is 15.4. The summed E-state index contributed by atoms with van der Waals surface area (Å²) in [6.07, 6.45) is 0. The number of hydrazone groups is 1. The predicted octanol–water partition coefficient (Wildman–Crippen LogP) is 3.78. The van der Waals surface area contributed by atoms with Crippen molar-refractivity contribution in [3.05, 3.63) is 65.5 Å². The highest BCUT2D eigenvalue weighted by atomic mass is 32.1. The largest absolute Gasteiger partial charge is 0.366 e. The van der Waals surface area contributed by atoms with Crippen LogP contribution < -0.4 is 10.7 Å². The van der Waals surface area contributed by atoms with Crippen molar-refractivity contribution in [1.29, 1.82) is 0 Å². The van der Waals surface area contributed by atoms with Gasteiger partial charge >= 0.3 is 0 Å². The Bertz CT molecular complexity index is 1120. The Morgan fingerprint density at radius 3 is 2.55 bits per heavy atom. The van der Waals surface area contributed by atoms with Crippen molar-refractivity contribution in [3.8, 4) is 11.3 Å². The fourth-order valence-corrected chi connectivity index (χ4v) is 3.53. The van der Waals surface area contributed by atoms with E-state index in [4.69, 9.17) is 5.73 Å². The molecule has 1 aliphatic rings. The SMILES string of the molecule is CC1=NN(c2nc(-c3ccccc3)cs2)C(=O)[C@H]1N=Nc1ccc(C(N)=O)cc1. The number of primary amides is 1. The maximum absolute atomic E-state index is 12.8. The molecule has 9 heteroatoms. The minimum absolute atomic E-state index is 0.311. The standard InChI is InChI=1S/C20H16N6O2S/c1-12-17(24-23-15-9-7-14(8-10-15)18(21)27)19(28)26(25-12)20-22-16(11-29-20)13-5-3-2-4-6-13/h2-11,17H,1H3,(H2,21,27)/t17-/m0/s1. The molecule has 0 radical (unpaired) electrons. The fraction of sp³-hybridized carbons (Fsp3) is 0.100. The number of carbonyl (C=O) groups is 2. The molecule has 1 atom stereocenters. The molecule has 0 saturated heterocycles. The Hall–Kier alpha value is -3.72. The van der Waals surface area contributed by atoms with Crippen LogP contribution in [0.1, 0.15) is 17.3 Å². The fourth-order valence-electron chi connectivity index (χ4n) is 2.75. The highest BCUT2D eigenvalue weighted by Crippen LogP contribution is 2.30. The summed E-state index contributed by atoms with van der Waals surface area (Å²) in [5, 5.41) is 16.2. The van der Waals surface area contributed by atoms with Gasteiger partial charge in [-0.05, 0) is 31.2 Å². The van der Waals surface area contributed by atoms with Crippen LogP contribution in [0, 0.1) is 0 Å². The number of rotatable bonds is 5. The van der Waals surface area contributed by atoms with Crippen molar-refractivity contribution in [2.24, 2.45) is 21.1 Å². The second-order valence-corrected chi connectivity index (χ2v) is 7.14. The van der Waals surface area contributed by atoms with E-state index in [-0.39, 0.29) is 5.91 Å². The first kappa shape index (κ1) is 18.6. The molecule has 2 heterocycles. The maximum atomic E-state index is 12.8. The van der Waals surface area contributed by atoms with E-state index in [1.807, 2.05) is 35.7 Å². The molecule has 0 fully saturated rings. The number of aromatic nitrogens is 1. The minimum atomic E-state index is -0.810. The number of amides is 2. The molecule has 3 aromatic rings. The highest BCUT2D eigenvalue weighted by Gasteiger charge is 2.36. The van der Waals surface area contributed by atoms with Gasteiger partial charge in [-0.3, -0.25) is 9.59 Å². The van der Waals surface area contributed by atoms with Crippen LogP contribution in [-0.2, 0) is 4.79 Å². The molecule has 2 aromatic carbocycles. The van der Waals surface area contributed by atoms with Gasteiger partial charge in [0, 0.05) is 16.5 Å². The first-order valence-corrected chi connectivity index (χ1v) is 9.61. The van der Waals surface area contributed by atoms with Crippen LogP contribution in [0.2, 0.25) is 0 Å². The minimum Gasteiger partial charge on any atom is -0.366 e. The van der Waals surface area contributed by atoms with E-state index in [2.05, 4.69) is 20.3 Å². The van der Waals surface area contributed by atoms with Crippen LogP contribution in [0.4, 0.5) is 10.8 Å². The van der Waals surface area contributed by atoms with Crippen LogP contribution in [0.25, 0.3) is 11.3 Å². The van der Waals surface area contributed by atoms with E-state index in [9.17, 15) is 9.59 Å². The molecule has 144 valence electrons. The summed E-state index contributed by atoms with van der Waals surface area (Å²) in [4.78, 5) is 28.4. The highest BCUT2D eigenvalue weighted by molar-refractivity contribution is 7.14. The number of benzene rings is 2. The summed E-state index contributed by atoms with van der Waals surface area (Å²) in [6.45, 7) is 1.73. The second-order valence-electron chi connectivity index (χ2n) is 6.30. The summed E-state index contributed by atoms with van der Waals surface area (Å²) < 4.78 is 0. The summed E-state index contributed by atoms with van der Waals surface area (Å²) in [6, 6.07) is 15.2. The average Bonchev–Trinajstić information content (AvgIpc) is 3.32. The molecule has 4 rings (SSSR count).